The summed E-state index contributed by atoms with van der Waals surface area (Å²) in [4.78, 5) is 2.05. The van der Waals surface area contributed by atoms with Crippen LogP contribution >= 0.6 is 0 Å². The van der Waals surface area contributed by atoms with Gasteiger partial charge in [-0.25, -0.2) is 0 Å². The van der Waals surface area contributed by atoms with Crippen LogP contribution in [0.3, 0.4) is 0 Å². The van der Waals surface area contributed by atoms with Gasteiger partial charge in [0, 0.05) is 6.54 Å². The van der Waals surface area contributed by atoms with Crippen molar-refractivity contribution in [1.82, 2.24) is 4.90 Å². The highest BCUT2D eigenvalue weighted by Gasteiger charge is 2.07. The Kier molecular flexibility index (Phi) is 3.77. The van der Waals surface area contributed by atoms with Gasteiger partial charge in [0.1, 0.15) is 6.10 Å². The van der Waals surface area contributed by atoms with E-state index in [4.69, 9.17) is 4.74 Å². The molecule has 0 bridgehead atoms. The first-order valence-electron chi connectivity index (χ1n) is 4.69. The Morgan fingerprint density at radius 1 is 1.36 bits per heavy atom. The van der Waals surface area contributed by atoms with Gasteiger partial charge in [-0.05, 0) is 33.2 Å². The Morgan fingerprint density at radius 2 is 2.00 bits per heavy atom. The van der Waals surface area contributed by atoms with E-state index in [1.807, 2.05) is 32.0 Å². The molecule has 0 fully saturated rings. The van der Waals surface area contributed by atoms with Crippen LogP contribution in [0.5, 0.6) is 11.5 Å². The Morgan fingerprint density at radius 3 is 2.57 bits per heavy atom. The maximum Gasteiger partial charge on any atom is 0.161 e. The van der Waals surface area contributed by atoms with Crippen molar-refractivity contribution in [2.24, 2.45) is 0 Å². The largest absolute Gasteiger partial charge is 0.504 e. The van der Waals surface area contributed by atoms with E-state index in [0.717, 1.165) is 6.54 Å². The zero-order valence-corrected chi connectivity index (χ0v) is 8.90. The van der Waals surface area contributed by atoms with Gasteiger partial charge in [-0.3, -0.25) is 0 Å². The van der Waals surface area contributed by atoms with Gasteiger partial charge >= 0.3 is 0 Å². The van der Waals surface area contributed by atoms with Crippen LogP contribution in [0.2, 0.25) is 0 Å². The average Bonchev–Trinajstić information content (AvgIpc) is 2.07. The van der Waals surface area contributed by atoms with E-state index in [1.54, 1.807) is 18.2 Å². The van der Waals surface area contributed by atoms with E-state index < -0.39 is 0 Å². The first-order valence-corrected chi connectivity index (χ1v) is 4.69. The van der Waals surface area contributed by atoms with Crippen molar-refractivity contribution in [1.29, 1.82) is 0 Å². The van der Waals surface area contributed by atoms with Gasteiger partial charge in [0.25, 0.3) is 0 Å². The molecule has 0 aliphatic heterocycles. The Balaban J connectivity index is 2.56. The second-order valence-corrected chi connectivity index (χ2v) is 3.66. The van der Waals surface area contributed by atoms with E-state index in [9.17, 15) is 5.11 Å². The van der Waals surface area contributed by atoms with Gasteiger partial charge in [-0.15, -0.1) is 0 Å². The predicted octanol–water partition coefficient (Wildman–Crippen LogP) is 1.72. The first-order chi connectivity index (χ1) is 6.59. The fraction of sp³-hybridized carbons (Fsp3) is 0.455. The number of phenolic OH excluding ortho intramolecular Hbond substituents is 1. The number of rotatable bonds is 4. The van der Waals surface area contributed by atoms with Crippen molar-refractivity contribution in [2.75, 3.05) is 20.6 Å². The van der Waals surface area contributed by atoms with Crippen LogP contribution in [0.1, 0.15) is 6.92 Å². The molecule has 1 rings (SSSR count). The molecular weight excluding hydrogens is 178 g/mol. The zero-order valence-electron chi connectivity index (χ0n) is 8.90. The number of phenols is 1. The maximum atomic E-state index is 9.45. The van der Waals surface area contributed by atoms with Crippen LogP contribution in [-0.2, 0) is 0 Å². The standard InChI is InChI=1S/C11H17NO2/c1-9(8-12(2)3)14-11-7-5-4-6-10(11)13/h4-7,9,13H,8H2,1-3H3. The van der Waals surface area contributed by atoms with Crippen molar-refractivity contribution < 1.29 is 9.84 Å². The van der Waals surface area contributed by atoms with Crippen molar-refractivity contribution in [3.05, 3.63) is 24.3 Å². The lowest BCUT2D eigenvalue weighted by Crippen LogP contribution is -2.27. The number of hydrogen-bond acceptors (Lipinski definition) is 3. The Bertz CT molecular complexity index is 286. The predicted molar refractivity (Wildman–Crippen MR) is 56.8 cm³/mol. The zero-order chi connectivity index (χ0) is 10.6. The van der Waals surface area contributed by atoms with Crippen molar-refractivity contribution >= 4 is 0 Å². The normalized spacial score (nSPS) is 12.9. The molecule has 0 amide bonds. The minimum absolute atomic E-state index is 0.0679. The van der Waals surface area contributed by atoms with E-state index in [-0.39, 0.29) is 11.9 Å². The number of para-hydroxylation sites is 2. The Labute approximate surface area is 84.9 Å². The molecule has 3 heteroatoms. The summed E-state index contributed by atoms with van der Waals surface area (Å²) in [6.45, 7) is 2.81. The minimum Gasteiger partial charge on any atom is -0.504 e. The van der Waals surface area contributed by atoms with Crippen molar-refractivity contribution in [2.45, 2.75) is 13.0 Å². The molecule has 0 spiro atoms. The van der Waals surface area contributed by atoms with Gasteiger partial charge in [-0.1, -0.05) is 12.1 Å². The third-order valence-corrected chi connectivity index (χ3v) is 1.82. The third kappa shape index (κ3) is 3.26. The molecule has 0 saturated carbocycles. The molecule has 1 unspecified atom stereocenters. The highest BCUT2D eigenvalue weighted by atomic mass is 16.5. The fourth-order valence-electron chi connectivity index (χ4n) is 1.33. The van der Waals surface area contributed by atoms with Crippen molar-refractivity contribution in [3.63, 3.8) is 0 Å². The molecule has 0 radical (unpaired) electrons. The number of likely N-dealkylation sites (N-methyl/N-ethyl adjacent to an activating group) is 1. The SMILES string of the molecule is CC(CN(C)C)Oc1ccccc1O. The number of benzene rings is 1. The molecule has 0 aliphatic rings. The number of ether oxygens (including phenoxy) is 1. The summed E-state index contributed by atoms with van der Waals surface area (Å²) in [5.74, 6) is 0.736. The van der Waals surface area contributed by atoms with Gasteiger partial charge < -0.3 is 14.7 Å². The summed E-state index contributed by atoms with van der Waals surface area (Å²) >= 11 is 0. The summed E-state index contributed by atoms with van der Waals surface area (Å²) in [5, 5.41) is 9.45. The summed E-state index contributed by atoms with van der Waals surface area (Å²) in [5.41, 5.74) is 0. The van der Waals surface area contributed by atoms with Crippen LogP contribution in [0.25, 0.3) is 0 Å². The number of aromatic hydroxyl groups is 1. The lowest BCUT2D eigenvalue weighted by molar-refractivity contribution is 0.171. The first kappa shape index (κ1) is 10.9. The maximum absolute atomic E-state index is 9.45. The fourth-order valence-corrected chi connectivity index (χ4v) is 1.33. The smallest absolute Gasteiger partial charge is 0.161 e. The summed E-state index contributed by atoms with van der Waals surface area (Å²) < 4.78 is 5.56. The monoisotopic (exact) mass is 195 g/mol. The highest BCUT2D eigenvalue weighted by molar-refractivity contribution is 5.38. The molecule has 0 aromatic heterocycles. The number of nitrogens with zero attached hydrogens (tertiary/aromatic N) is 1. The van der Waals surface area contributed by atoms with Crippen LogP contribution < -0.4 is 4.74 Å². The molecular formula is C11H17NO2. The van der Waals surface area contributed by atoms with Crippen LogP contribution in [0.4, 0.5) is 0 Å². The second-order valence-electron chi connectivity index (χ2n) is 3.66. The molecule has 0 heterocycles. The van der Waals surface area contributed by atoms with E-state index in [0.29, 0.717) is 5.75 Å². The molecule has 1 aromatic carbocycles. The quantitative estimate of drug-likeness (QED) is 0.794. The van der Waals surface area contributed by atoms with Crippen LogP contribution in [0, 0.1) is 0 Å². The molecule has 1 aromatic rings. The Hall–Kier alpha value is -1.22. The van der Waals surface area contributed by atoms with Gasteiger partial charge in [-0.2, -0.15) is 0 Å². The molecule has 0 aliphatic carbocycles. The molecule has 14 heavy (non-hydrogen) atoms. The molecule has 0 saturated heterocycles. The molecule has 78 valence electrons. The highest BCUT2D eigenvalue weighted by Crippen LogP contribution is 2.25. The summed E-state index contributed by atoms with van der Waals surface area (Å²) in [7, 11) is 3.98. The lowest BCUT2D eigenvalue weighted by Gasteiger charge is -2.19. The van der Waals surface area contributed by atoms with E-state index >= 15 is 0 Å². The third-order valence-electron chi connectivity index (χ3n) is 1.82. The molecule has 3 nitrogen and oxygen atoms in total. The van der Waals surface area contributed by atoms with Crippen LogP contribution in [-0.4, -0.2) is 36.8 Å². The van der Waals surface area contributed by atoms with Gasteiger partial charge in [0.05, 0.1) is 0 Å². The topological polar surface area (TPSA) is 32.7 Å². The molecule has 1 atom stereocenters. The molecule has 1 N–H and O–H groups in total. The van der Waals surface area contributed by atoms with Gasteiger partial charge in [0.15, 0.2) is 11.5 Å². The summed E-state index contributed by atoms with van der Waals surface area (Å²) in [6.07, 6.45) is 0.0679. The number of hydrogen-bond donors (Lipinski definition) is 1. The van der Waals surface area contributed by atoms with Crippen LogP contribution in [0.15, 0.2) is 24.3 Å². The van der Waals surface area contributed by atoms with Crippen molar-refractivity contribution in [3.8, 4) is 11.5 Å². The van der Waals surface area contributed by atoms with E-state index in [2.05, 4.69) is 0 Å². The minimum atomic E-state index is 0.0679. The lowest BCUT2D eigenvalue weighted by atomic mass is 10.3. The van der Waals surface area contributed by atoms with Gasteiger partial charge in [0.2, 0.25) is 0 Å². The van der Waals surface area contributed by atoms with E-state index in [1.165, 1.54) is 0 Å². The summed E-state index contributed by atoms with van der Waals surface area (Å²) in [6, 6.07) is 7.01. The second kappa shape index (κ2) is 4.86. The average molecular weight is 195 g/mol.